The zero-order chi connectivity index (χ0) is 14.0. The van der Waals surface area contributed by atoms with Crippen molar-refractivity contribution in [2.24, 2.45) is 5.92 Å². The minimum atomic E-state index is -0.500. The Bertz CT molecular complexity index is 519. The van der Waals surface area contributed by atoms with Gasteiger partial charge in [-0.1, -0.05) is 13.3 Å². The second-order valence-corrected chi connectivity index (χ2v) is 5.64. The molecule has 2 unspecified atom stereocenters. The lowest BCUT2D eigenvalue weighted by molar-refractivity contribution is -0.384. The van der Waals surface area contributed by atoms with Crippen LogP contribution in [0.5, 0.6) is 0 Å². The summed E-state index contributed by atoms with van der Waals surface area (Å²) in [5.74, 6) is 0.311. The number of rotatable bonds is 5. The third-order valence-electron chi connectivity index (χ3n) is 3.30. The first-order valence-electron chi connectivity index (χ1n) is 6.27. The minimum Gasteiger partial charge on any atom is -0.349 e. The molecule has 2 rings (SSSR count). The quantitative estimate of drug-likeness (QED) is 0.666. The van der Waals surface area contributed by atoms with Gasteiger partial charge in [0.25, 0.3) is 11.6 Å². The van der Waals surface area contributed by atoms with Gasteiger partial charge in [-0.3, -0.25) is 14.9 Å². The molecule has 1 aromatic carbocycles. The number of benzene rings is 1. The number of hydrogen-bond donors (Lipinski definition) is 1. The fourth-order valence-electron chi connectivity index (χ4n) is 2.16. The summed E-state index contributed by atoms with van der Waals surface area (Å²) in [6.45, 7) is 2.12. The first-order valence-corrected chi connectivity index (χ1v) is 7.07. The van der Waals surface area contributed by atoms with E-state index in [0.717, 1.165) is 19.3 Å². The van der Waals surface area contributed by atoms with E-state index in [0.29, 0.717) is 16.0 Å². The molecule has 1 aliphatic carbocycles. The summed E-state index contributed by atoms with van der Waals surface area (Å²) in [5.41, 5.74) is 0.241. The van der Waals surface area contributed by atoms with Crippen LogP contribution in [0, 0.1) is 16.0 Å². The number of halogens is 1. The highest BCUT2D eigenvalue weighted by atomic mass is 79.9. The molecule has 0 radical (unpaired) electrons. The van der Waals surface area contributed by atoms with Crippen LogP contribution in [0.15, 0.2) is 22.7 Å². The van der Waals surface area contributed by atoms with Crippen molar-refractivity contribution in [2.75, 3.05) is 0 Å². The second-order valence-electron chi connectivity index (χ2n) is 4.79. The Morgan fingerprint density at radius 2 is 2.32 bits per heavy atom. The third kappa shape index (κ3) is 3.32. The Morgan fingerprint density at radius 3 is 2.95 bits per heavy atom. The van der Waals surface area contributed by atoms with Crippen LogP contribution >= 0.6 is 15.9 Å². The molecular formula is C13H15BrN2O3. The van der Waals surface area contributed by atoms with Crippen molar-refractivity contribution in [3.05, 3.63) is 38.3 Å². The van der Waals surface area contributed by atoms with Crippen LogP contribution in [0.3, 0.4) is 0 Å². The number of nitrogens with one attached hydrogen (secondary N) is 1. The molecule has 102 valence electrons. The lowest BCUT2D eigenvalue weighted by Crippen LogP contribution is -2.27. The highest BCUT2D eigenvalue weighted by Crippen LogP contribution is 2.35. The van der Waals surface area contributed by atoms with Gasteiger partial charge in [-0.15, -0.1) is 0 Å². The molecular weight excluding hydrogens is 312 g/mol. The van der Waals surface area contributed by atoms with Crippen molar-refractivity contribution in [2.45, 2.75) is 32.2 Å². The highest BCUT2D eigenvalue weighted by Gasteiger charge is 2.37. The van der Waals surface area contributed by atoms with Crippen molar-refractivity contribution in [3.8, 4) is 0 Å². The van der Waals surface area contributed by atoms with E-state index in [1.54, 1.807) is 0 Å². The molecule has 0 spiro atoms. The van der Waals surface area contributed by atoms with Crippen molar-refractivity contribution in [1.82, 2.24) is 5.32 Å². The molecule has 1 fully saturated rings. The average Bonchev–Trinajstić information content (AvgIpc) is 3.07. The van der Waals surface area contributed by atoms with Crippen LogP contribution < -0.4 is 5.32 Å². The number of non-ortho nitro benzene ring substituents is 1. The predicted molar refractivity (Wildman–Crippen MR) is 75.1 cm³/mol. The van der Waals surface area contributed by atoms with Gasteiger partial charge in [0.15, 0.2) is 0 Å². The molecule has 1 aliphatic rings. The molecule has 2 atom stereocenters. The Kier molecular flexibility index (Phi) is 4.19. The van der Waals surface area contributed by atoms with Crippen LogP contribution in [0.4, 0.5) is 5.69 Å². The van der Waals surface area contributed by atoms with E-state index in [4.69, 9.17) is 0 Å². The van der Waals surface area contributed by atoms with Crippen LogP contribution in [0.25, 0.3) is 0 Å². The minimum absolute atomic E-state index is 0.0748. The first-order chi connectivity index (χ1) is 9.02. The summed E-state index contributed by atoms with van der Waals surface area (Å²) < 4.78 is 0.572. The van der Waals surface area contributed by atoms with Gasteiger partial charge in [0.05, 0.1) is 10.5 Å². The summed E-state index contributed by atoms with van der Waals surface area (Å²) in [4.78, 5) is 22.3. The van der Waals surface area contributed by atoms with Gasteiger partial charge in [-0.2, -0.15) is 0 Å². The smallest absolute Gasteiger partial charge is 0.270 e. The summed E-state index contributed by atoms with van der Waals surface area (Å²) in [5, 5.41) is 13.6. The normalized spacial score (nSPS) is 20.9. The van der Waals surface area contributed by atoms with E-state index in [2.05, 4.69) is 28.2 Å². The summed E-state index contributed by atoms with van der Waals surface area (Å²) in [6, 6.07) is 4.43. The molecule has 19 heavy (non-hydrogen) atoms. The van der Waals surface area contributed by atoms with E-state index in [-0.39, 0.29) is 17.6 Å². The largest absolute Gasteiger partial charge is 0.349 e. The standard InChI is InChI=1S/C13H15BrN2O3/c1-2-3-8-6-12(8)15-13(17)10-7-9(16(18)19)4-5-11(10)14/h4-5,7-8,12H,2-3,6H2,1H3,(H,15,17). The number of carbonyl (C=O) groups excluding carboxylic acids is 1. The second kappa shape index (κ2) is 5.69. The fraction of sp³-hybridized carbons (Fsp3) is 0.462. The Labute approximate surface area is 119 Å². The van der Waals surface area contributed by atoms with E-state index < -0.39 is 4.92 Å². The maximum atomic E-state index is 12.1. The SMILES string of the molecule is CCCC1CC1NC(=O)c1cc([N+](=O)[O-])ccc1Br. The van der Waals surface area contributed by atoms with Gasteiger partial charge in [0.1, 0.15) is 0 Å². The maximum Gasteiger partial charge on any atom is 0.270 e. The van der Waals surface area contributed by atoms with Gasteiger partial charge in [-0.05, 0) is 40.8 Å². The molecule has 0 bridgehead atoms. The Hall–Kier alpha value is -1.43. The molecule has 0 saturated heterocycles. The fourth-order valence-corrected chi connectivity index (χ4v) is 2.59. The molecule has 6 heteroatoms. The molecule has 1 amide bonds. The van der Waals surface area contributed by atoms with Gasteiger partial charge in [0, 0.05) is 22.6 Å². The van der Waals surface area contributed by atoms with Crippen LogP contribution in [-0.4, -0.2) is 16.9 Å². The van der Waals surface area contributed by atoms with E-state index in [1.807, 2.05) is 0 Å². The topological polar surface area (TPSA) is 72.2 Å². The molecule has 1 aromatic rings. The lowest BCUT2D eigenvalue weighted by Gasteiger charge is -2.06. The molecule has 5 nitrogen and oxygen atoms in total. The van der Waals surface area contributed by atoms with Gasteiger partial charge in [0.2, 0.25) is 0 Å². The number of nitrogens with zero attached hydrogens (tertiary/aromatic N) is 1. The molecule has 1 N–H and O–H groups in total. The number of nitro benzene ring substituents is 1. The van der Waals surface area contributed by atoms with Crippen molar-refractivity contribution >= 4 is 27.5 Å². The Balaban J connectivity index is 2.07. The number of amides is 1. The van der Waals surface area contributed by atoms with Crippen LogP contribution in [0.2, 0.25) is 0 Å². The average molecular weight is 327 g/mol. The van der Waals surface area contributed by atoms with Crippen molar-refractivity contribution < 1.29 is 9.72 Å². The highest BCUT2D eigenvalue weighted by molar-refractivity contribution is 9.10. The van der Waals surface area contributed by atoms with Crippen molar-refractivity contribution in [3.63, 3.8) is 0 Å². The maximum absolute atomic E-state index is 12.1. The molecule has 0 heterocycles. The number of hydrogen-bond acceptors (Lipinski definition) is 3. The van der Waals surface area contributed by atoms with Crippen LogP contribution in [-0.2, 0) is 0 Å². The third-order valence-corrected chi connectivity index (χ3v) is 4.00. The monoisotopic (exact) mass is 326 g/mol. The zero-order valence-corrected chi connectivity index (χ0v) is 12.1. The first kappa shape index (κ1) is 14.0. The number of nitro groups is 1. The van der Waals surface area contributed by atoms with Gasteiger partial charge >= 0.3 is 0 Å². The summed E-state index contributed by atoms with van der Waals surface area (Å²) in [7, 11) is 0. The van der Waals surface area contributed by atoms with E-state index in [9.17, 15) is 14.9 Å². The summed E-state index contributed by atoms with van der Waals surface area (Å²) in [6.07, 6.45) is 3.23. The Morgan fingerprint density at radius 1 is 1.58 bits per heavy atom. The van der Waals surface area contributed by atoms with Gasteiger partial charge < -0.3 is 5.32 Å². The number of carbonyl (C=O) groups is 1. The molecule has 0 aliphatic heterocycles. The van der Waals surface area contributed by atoms with Crippen LogP contribution in [0.1, 0.15) is 36.5 Å². The van der Waals surface area contributed by atoms with E-state index >= 15 is 0 Å². The summed E-state index contributed by atoms with van der Waals surface area (Å²) >= 11 is 3.25. The van der Waals surface area contributed by atoms with Crippen molar-refractivity contribution in [1.29, 1.82) is 0 Å². The zero-order valence-electron chi connectivity index (χ0n) is 10.6. The predicted octanol–water partition coefficient (Wildman–Crippen LogP) is 3.28. The lowest BCUT2D eigenvalue weighted by atomic mass is 10.2. The van der Waals surface area contributed by atoms with E-state index in [1.165, 1.54) is 18.2 Å². The molecule has 0 aromatic heterocycles. The van der Waals surface area contributed by atoms with Gasteiger partial charge in [-0.25, -0.2) is 0 Å². The molecule has 1 saturated carbocycles.